The summed E-state index contributed by atoms with van der Waals surface area (Å²) in [6, 6.07) is 12.4. The Morgan fingerprint density at radius 2 is 1.79 bits per heavy atom. The lowest BCUT2D eigenvalue weighted by Gasteiger charge is -2.24. The maximum atomic E-state index is 13.5. The molecular formula is C25H25ClN2O5. The number of nitrogens with one attached hydrogen (secondary N) is 1. The van der Waals surface area contributed by atoms with Crippen LogP contribution < -0.4 is 9.47 Å². The van der Waals surface area contributed by atoms with Crippen LogP contribution in [0, 0.1) is 13.8 Å². The van der Waals surface area contributed by atoms with Gasteiger partial charge in [-0.1, -0.05) is 17.7 Å². The zero-order valence-electron chi connectivity index (χ0n) is 18.7. The van der Waals surface area contributed by atoms with Crippen LogP contribution >= 0.6 is 11.6 Å². The van der Waals surface area contributed by atoms with Crippen LogP contribution in [-0.2, 0) is 17.8 Å². The van der Waals surface area contributed by atoms with Gasteiger partial charge in [0.1, 0.15) is 5.69 Å². The molecule has 8 heteroatoms. The lowest BCUT2D eigenvalue weighted by atomic mass is 10.1. The second-order valence-electron chi connectivity index (χ2n) is 7.80. The number of aromatic nitrogens is 1. The Morgan fingerprint density at radius 1 is 1.06 bits per heavy atom. The number of carbonyl (C=O) groups excluding carboxylic acids is 2. The highest BCUT2D eigenvalue weighted by atomic mass is 35.5. The summed E-state index contributed by atoms with van der Waals surface area (Å²) >= 11 is 6.01. The predicted molar refractivity (Wildman–Crippen MR) is 124 cm³/mol. The minimum Gasteiger partial charge on any atom is -0.461 e. The minimum atomic E-state index is -0.407. The van der Waals surface area contributed by atoms with Crippen molar-refractivity contribution in [2.45, 2.75) is 33.9 Å². The largest absolute Gasteiger partial charge is 0.461 e. The van der Waals surface area contributed by atoms with Crippen LogP contribution in [0.5, 0.6) is 11.5 Å². The smallest absolute Gasteiger partial charge is 0.355 e. The number of amides is 1. The third-order valence-electron chi connectivity index (χ3n) is 5.61. The van der Waals surface area contributed by atoms with Gasteiger partial charge in [-0.25, -0.2) is 4.79 Å². The molecule has 4 rings (SSSR count). The minimum absolute atomic E-state index is 0.151. The third-order valence-corrected chi connectivity index (χ3v) is 5.86. The van der Waals surface area contributed by atoms with Gasteiger partial charge in [-0.15, -0.1) is 0 Å². The molecule has 7 nitrogen and oxygen atoms in total. The Kier molecular flexibility index (Phi) is 6.60. The summed E-state index contributed by atoms with van der Waals surface area (Å²) in [6.07, 6.45) is 0. The van der Waals surface area contributed by atoms with E-state index in [1.165, 1.54) is 0 Å². The average Bonchev–Trinajstić information content (AvgIpc) is 3.38. The number of aryl methyl sites for hydroxylation is 1. The highest BCUT2D eigenvalue weighted by Gasteiger charge is 2.24. The molecular weight excluding hydrogens is 444 g/mol. The Labute approximate surface area is 197 Å². The van der Waals surface area contributed by atoms with E-state index in [-0.39, 0.29) is 19.3 Å². The number of H-pyrrole nitrogens is 1. The Bertz CT molecular complexity index is 1190. The SMILES string of the molecule is CCOC(=O)c1[nH]c(C)c(CN(Cc2ccc3c(c2)OCO3)C(=O)c2ccc(Cl)cc2)c1C. The molecule has 1 aliphatic rings. The number of carbonyl (C=O) groups is 2. The lowest BCUT2D eigenvalue weighted by molar-refractivity contribution is 0.0519. The fraction of sp³-hybridized carbons (Fsp3) is 0.280. The van der Waals surface area contributed by atoms with E-state index in [2.05, 4.69) is 4.98 Å². The fourth-order valence-electron chi connectivity index (χ4n) is 3.86. The van der Waals surface area contributed by atoms with E-state index in [9.17, 15) is 9.59 Å². The summed E-state index contributed by atoms with van der Waals surface area (Å²) in [5.41, 5.74) is 4.29. The number of esters is 1. The van der Waals surface area contributed by atoms with Crippen LogP contribution in [0.15, 0.2) is 42.5 Å². The van der Waals surface area contributed by atoms with E-state index in [4.69, 9.17) is 25.8 Å². The first-order valence-electron chi connectivity index (χ1n) is 10.7. The number of aromatic amines is 1. The molecule has 172 valence electrons. The van der Waals surface area contributed by atoms with Gasteiger partial charge in [0.15, 0.2) is 11.5 Å². The molecule has 1 amide bonds. The average molecular weight is 469 g/mol. The summed E-state index contributed by atoms with van der Waals surface area (Å²) in [6.45, 7) is 6.64. The van der Waals surface area contributed by atoms with Crippen LogP contribution in [0.2, 0.25) is 5.02 Å². The number of rotatable bonds is 7. The monoisotopic (exact) mass is 468 g/mol. The van der Waals surface area contributed by atoms with Gasteiger partial charge in [0, 0.05) is 29.4 Å². The summed E-state index contributed by atoms with van der Waals surface area (Å²) in [4.78, 5) is 30.7. The first kappa shape index (κ1) is 22.7. The summed E-state index contributed by atoms with van der Waals surface area (Å²) in [5, 5.41) is 0.560. The maximum absolute atomic E-state index is 13.5. The standard InChI is InChI=1S/C25H25ClN2O5/c1-4-31-25(30)23-15(2)20(16(3)27-23)13-28(24(29)18-6-8-19(26)9-7-18)12-17-5-10-21-22(11-17)33-14-32-21/h5-11,27H,4,12-14H2,1-3H3. The number of benzene rings is 2. The molecule has 3 aromatic rings. The highest BCUT2D eigenvalue weighted by Crippen LogP contribution is 2.33. The molecule has 0 saturated carbocycles. The van der Waals surface area contributed by atoms with Crippen molar-refractivity contribution in [2.24, 2.45) is 0 Å². The third kappa shape index (κ3) is 4.83. The Balaban J connectivity index is 1.66. The molecule has 0 aliphatic carbocycles. The van der Waals surface area contributed by atoms with Gasteiger partial charge < -0.3 is 24.1 Å². The van der Waals surface area contributed by atoms with E-state index in [1.54, 1.807) is 36.1 Å². The molecule has 1 aliphatic heterocycles. The first-order chi connectivity index (χ1) is 15.9. The van der Waals surface area contributed by atoms with Crippen LogP contribution in [0.3, 0.4) is 0 Å². The normalized spacial score (nSPS) is 12.0. The Morgan fingerprint density at radius 3 is 2.52 bits per heavy atom. The molecule has 0 saturated heterocycles. The second kappa shape index (κ2) is 9.58. The maximum Gasteiger partial charge on any atom is 0.355 e. The van der Waals surface area contributed by atoms with Crippen molar-refractivity contribution in [1.29, 1.82) is 0 Å². The molecule has 0 atom stereocenters. The molecule has 0 unspecified atom stereocenters. The van der Waals surface area contributed by atoms with Crippen LogP contribution in [0.1, 0.15) is 50.2 Å². The molecule has 2 aromatic carbocycles. The number of fused-ring (bicyclic) bond motifs is 1. The van der Waals surface area contributed by atoms with E-state index in [1.807, 2.05) is 32.0 Å². The summed E-state index contributed by atoms with van der Waals surface area (Å²) in [5.74, 6) is 0.786. The molecule has 1 N–H and O–H groups in total. The molecule has 1 aromatic heterocycles. The van der Waals surface area contributed by atoms with Gasteiger partial charge in [-0.2, -0.15) is 0 Å². The van der Waals surface area contributed by atoms with Crippen LogP contribution in [0.25, 0.3) is 0 Å². The highest BCUT2D eigenvalue weighted by molar-refractivity contribution is 6.30. The predicted octanol–water partition coefficient (Wildman–Crippen LogP) is 5.03. The van der Waals surface area contributed by atoms with Crippen molar-refractivity contribution >= 4 is 23.5 Å². The van der Waals surface area contributed by atoms with E-state index in [0.29, 0.717) is 40.9 Å². The van der Waals surface area contributed by atoms with E-state index < -0.39 is 5.97 Å². The topological polar surface area (TPSA) is 80.9 Å². The van der Waals surface area contributed by atoms with Crippen molar-refractivity contribution in [3.05, 3.63) is 81.1 Å². The zero-order chi connectivity index (χ0) is 23.5. The molecule has 33 heavy (non-hydrogen) atoms. The number of ether oxygens (including phenoxy) is 3. The lowest BCUT2D eigenvalue weighted by Crippen LogP contribution is -2.30. The summed E-state index contributed by atoms with van der Waals surface area (Å²) < 4.78 is 16.0. The van der Waals surface area contributed by atoms with Crippen LogP contribution in [-0.4, -0.2) is 35.2 Å². The van der Waals surface area contributed by atoms with Crippen molar-refractivity contribution < 1.29 is 23.8 Å². The van der Waals surface area contributed by atoms with Gasteiger partial charge in [0.05, 0.1) is 6.61 Å². The van der Waals surface area contributed by atoms with Gasteiger partial charge in [-0.3, -0.25) is 4.79 Å². The first-order valence-corrected chi connectivity index (χ1v) is 11.0. The van der Waals surface area contributed by atoms with Crippen molar-refractivity contribution in [2.75, 3.05) is 13.4 Å². The van der Waals surface area contributed by atoms with Gasteiger partial charge in [0.2, 0.25) is 6.79 Å². The van der Waals surface area contributed by atoms with Crippen molar-refractivity contribution in [3.63, 3.8) is 0 Å². The van der Waals surface area contributed by atoms with Crippen molar-refractivity contribution in [1.82, 2.24) is 9.88 Å². The molecule has 0 spiro atoms. The van der Waals surface area contributed by atoms with Crippen molar-refractivity contribution in [3.8, 4) is 11.5 Å². The van der Waals surface area contributed by atoms with Gasteiger partial charge in [0.25, 0.3) is 5.91 Å². The zero-order valence-corrected chi connectivity index (χ0v) is 19.5. The number of halogens is 1. The molecule has 2 heterocycles. The molecule has 0 bridgehead atoms. The van der Waals surface area contributed by atoms with Gasteiger partial charge in [-0.05, 0) is 73.9 Å². The number of hydrogen-bond donors (Lipinski definition) is 1. The van der Waals surface area contributed by atoms with Crippen LogP contribution in [0.4, 0.5) is 0 Å². The molecule has 0 radical (unpaired) electrons. The Hall–Kier alpha value is -3.45. The van der Waals surface area contributed by atoms with Gasteiger partial charge >= 0.3 is 5.97 Å². The molecule has 0 fully saturated rings. The number of nitrogens with zero attached hydrogens (tertiary/aromatic N) is 1. The fourth-order valence-corrected chi connectivity index (χ4v) is 3.98. The second-order valence-corrected chi connectivity index (χ2v) is 8.24. The quantitative estimate of drug-likeness (QED) is 0.492. The summed E-state index contributed by atoms with van der Waals surface area (Å²) in [7, 11) is 0. The van der Waals surface area contributed by atoms with E-state index in [0.717, 1.165) is 22.4 Å². The number of hydrogen-bond acceptors (Lipinski definition) is 5. The van der Waals surface area contributed by atoms with E-state index >= 15 is 0 Å².